The van der Waals surface area contributed by atoms with Crippen LogP contribution in [0.1, 0.15) is 31.1 Å². The van der Waals surface area contributed by atoms with Gasteiger partial charge in [-0.15, -0.1) is 0 Å². The smallest absolute Gasteiger partial charge is 0.338 e. The van der Waals surface area contributed by atoms with Crippen LogP contribution < -0.4 is 11.1 Å². The van der Waals surface area contributed by atoms with Gasteiger partial charge in [-0.2, -0.15) is 0 Å². The number of rotatable bonds is 5. The lowest BCUT2D eigenvalue weighted by molar-refractivity contribution is -0.118. The minimum absolute atomic E-state index is 0.0487. The minimum atomic E-state index is -0.577. The van der Waals surface area contributed by atoms with Crippen molar-refractivity contribution < 1.29 is 14.3 Å². The number of hydrogen-bond acceptors (Lipinski definition) is 4. The van der Waals surface area contributed by atoms with Crippen LogP contribution in [0.4, 0.5) is 5.69 Å². The Morgan fingerprint density at radius 3 is 2.55 bits per heavy atom. The van der Waals surface area contributed by atoms with Crippen molar-refractivity contribution in [1.82, 2.24) is 0 Å². The van der Waals surface area contributed by atoms with Crippen molar-refractivity contribution in [2.24, 2.45) is 11.7 Å². The van der Waals surface area contributed by atoms with Crippen molar-refractivity contribution in [1.29, 1.82) is 0 Å². The van der Waals surface area contributed by atoms with E-state index in [1.165, 1.54) is 0 Å². The first-order valence-electron chi connectivity index (χ1n) is 6.40. The van der Waals surface area contributed by atoms with Crippen LogP contribution in [0.15, 0.2) is 22.7 Å². The van der Waals surface area contributed by atoms with E-state index in [-0.39, 0.29) is 11.8 Å². The summed E-state index contributed by atoms with van der Waals surface area (Å²) < 4.78 is 5.51. The number of esters is 1. The molecule has 0 fully saturated rings. The number of benzene rings is 1. The van der Waals surface area contributed by atoms with E-state index in [0.29, 0.717) is 22.3 Å². The fraction of sp³-hybridized carbons (Fsp3) is 0.429. The number of carbonyl (C=O) groups excluding carboxylic acids is 2. The Bertz CT molecular complexity index is 503. The van der Waals surface area contributed by atoms with Gasteiger partial charge >= 0.3 is 5.97 Å². The van der Waals surface area contributed by atoms with Crippen LogP contribution >= 0.6 is 15.9 Å². The average molecular weight is 343 g/mol. The largest absolute Gasteiger partial charge is 0.462 e. The fourth-order valence-corrected chi connectivity index (χ4v) is 1.95. The summed E-state index contributed by atoms with van der Waals surface area (Å²) in [5.41, 5.74) is 6.76. The number of halogens is 1. The monoisotopic (exact) mass is 342 g/mol. The number of ether oxygens (including phenoxy) is 1. The van der Waals surface area contributed by atoms with E-state index >= 15 is 0 Å². The summed E-state index contributed by atoms with van der Waals surface area (Å²) in [6, 6.07) is 4.27. The third-order valence-electron chi connectivity index (χ3n) is 2.76. The standard InChI is InChI=1S/C14H19BrN2O3/c1-4-20-14(19)9-5-6-11(10(15)7-9)17-13(18)12(16)8(2)3/h5-8,12H,4,16H2,1-3H3,(H,17,18)/t12-/m1/s1. The maximum atomic E-state index is 11.9. The highest BCUT2D eigenvalue weighted by Crippen LogP contribution is 2.24. The van der Waals surface area contributed by atoms with E-state index in [9.17, 15) is 9.59 Å². The Hall–Kier alpha value is -1.40. The number of nitrogens with one attached hydrogen (secondary N) is 1. The third-order valence-corrected chi connectivity index (χ3v) is 3.42. The highest BCUT2D eigenvalue weighted by Gasteiger charge is 2.18. The molecule has 5 nitrogen and oxygen atoms in total. The van der Waals surface area contributed by atoms with E-state index in [4.69, 9.17) is 10.5 Å². The molecule has 1 atom stereocenters. The molecule has 6 heteroatoms. The highest BCUT2D eigenvalue weighted by atomic mass is 79.9. The normalized spacial score (nSPS) is 12.1. The lowest BCUT2D eigenvalue weighted by Crippen LogP contribution is -2.39. The summed E-state index contributed by atoms with van der Waals surface area (Å²) in [5.74, 6) is -0.609. The van der Waals surface area contributed by atoms with Crippen LogP contribution in [0.25, 0.3) is 0 Å². The first-order chi connectivity index (χ1) is 9.36. The zero-order chi connectivity index (χ0) is 15.3. The van der Waals surface area contributed by atoms with Crippen LogP contribution in [-0.2, 0) is 9.53 Å². The molecule has 3 N–H and O–H groups in total. The zero-order valence-corrected chi connectivity index (χ0v) is 13.4. The fourth-order valence-electron chi connectivity index (χ4n) is 1.48. The van der Waals surface area contributed by atoms with Gasteiger partial charge in [0.05, 0.1) is 23.9 Å². The van der Waals surface area contributed by atoms with E-state index in [1.54, 1.807) is 25.1 Å². The first kappa shape index (κ1) is 16.7. The predicted molar refractivity (Wildman–Crippen MR) is 81.5 cm³/mol. The van der Waals surface area contributed by atoms with Gasteiger partial charge in [0.15, 0.2) is 0 Å². The van der Waals surface area contributed by atoms with Crippen LogP contribution in [0.3, 0.4) is 0 Å². The lowest BCUT2D eigenvalue weighted by atomic mass is 10.0. The molecule has 0 aliphatic carbocycles. The van der Waals surface area contributed by atoms with E-state index < -0.39 is 12.0 Å². The number of amides is 1. The summed E-state index contributed by atoms with van der Waals surface area (Å²) in [5, 5.41) is 2.73. The van der Waals surface area contributed by atoms with Gasteiger partial charge in [0.25, 0.3) is 0 Å². The molecule has 0 saturated heterocycles. The van der Waals surface area contributed by atoms with Gasteiger partial charge in [-0.25, -0.2) is 4.79 Å². The molecule has 0 saturated carbocycles. The van der Waals surface area contributed by atoms with Crippen molar-refractivity contribution in [3.63, 3.8) is 0 Å². The van der Waals surface area contributed by atoms with Gasteiger partial charge in [0.2, 0.25) is 5.91 Å². The van der Waals surface area contributed by atoms with Gasteiger partial charge in [0.1, 0.15) is 0 Å². The highest BCUT2D eigenvalue weighted by molar-refractivity contribution is 9.10. The Morgan fingerprint density at radius 1 is 1.40 bits per heavy atom. The van der Waals surface area contributed by atoms with Crippen LogP contribution in [0.2, 0.25) is 0 Å². The van der Waals surface area contributed by atoms with Crippen molar-refractivity contribution in [2.75, 3.05) is 11.9 Å². The summed E-state index contributed by atoms with van der Waals surface area (Å²) in [4.78, 5) is 23.5. The Balaban J connectivity index is 2.84. The lowest BCUT2D eigenvalue weighted by Gasteiger charge is -2.16. The van der Waals surface area contributed by atoms with Crippen molar-refractivity contribution in [3.05, 3.63) is 28.2 Å². The minimum Gasteiger partial charge on any atom is -0.462 e. The molecule has 0 aromatic heterocycles. The van der Waals surface area contributed by atoms with Crippen molar-refractivity contribution in [3.8, 4) is 0 Å². The van der Waals surface area contributed by atoms with Gasteiger partial charge in [-0.3, -0.25) is 4.79 Å². The molecule has 0 unspecified atom stereocenters. The van der Waals surface area contributed by atoms with Crippen molar-refractivity contribution >= 4 is 33.5 Å². The molecule has 0 bridgehead atoms. The molecule has 110 valence electrons. The number of anilines is 1. The molecule has 0 spiro atoms. The topological polar surface area (TPSA) is 81.4 Å². The number of hydrogen-bond donors (Lipinski definition) is 2. The van der Waals surface area contributed by atoms with E-state index in [1.807, 2.05) is 13.8 Å². The molecule has 1 amide bonds. The third kappa shape index (κ3) is 4.31. The SMILES string of the molecule is CCOC(=O)c1ccc(NC(=O)[C@H](N)C(C)C)c(Br)c1. The molecular formula is C14H19BrN2O3. The number of carbonyl (C=O) groups is 2. The Morgan fingerprint density at radius 2 is 2.05 bits per heavy atom. The average Bonchev–Trinajstić information content (AvgIpc) is 2.40. The molecule has 0 heterocycles. The second-order valence-electron chi connectivity index (χ2n) is 4.67. The van der Waals surface area contributed by atoms with Gasteiger partial charge in [0, 0.05) is 4.47 Å². The molecule has 20 heavy (non-hydrogen) atoms. The van der Waals surface area contributed by atoms with Crippen LogP contribution in [0, 0.1) is 5.92 Å². The molecular weight excluding hydrogens is 324 g/mol. The van der Waals surface area contributed by atoms with E-state index in [2.05, 4.69) is 21.2 Å². The Kier molecular flexibility index (Phi) is 6.16. The Labute approximate surface area is 127 Å². The van der Waals surface area contributed by atoms with Gasteiger partial charge < -0.3 is 15.8 Å². The predicted octanol–water partition coefficient (Wildman–Crippen LogP) is 2.55. The molecule has 0 aliphatic heterocycles. The molecule has 0 aliphatic rings. The maximum absolute atomic E-state index is 11.9. The molecule has 1 aromatic carbocycles. The zero-order valence-electron chi connectivity index (χ0n) is 11.8. The van der Waals surface area contributed by atoms with Crippen LogP contribution in [-0.4, -0.2) is 24.5 Å². The van der Waals surface area contributed by atoms with Crippen LogP contribution in [0.5, 0.6) is 0 Å². The summed E-state index contributed by atoms with van der Waals surface area (Å²) >= 11 is 3.32. The molecule has 1 aromatic rings. The second-order valence-corrected chi connectivity index (χ2v) is 5.53. The quantitative estimate of drug-likeness (QED) is 0.805. The van der Waals surface area contributed by atoms with E-state index in [0.717, 1.165) is 0 Å². The van der Waals surface area contributed by atoms with Crippen molar-refractivity contribution in [2.45, 2.75) is 26.8 Å². The summed E-state index contributed by atoms with van der Waals surface area (Å²) in [6.07, 6.45) is 0. The molecule has 1 rings (SSSR count). The summed E-state index contributed by atoms with van der Waals surface area (Å²) in [6.45, 7) is 5.82. The second kappa shape index (κ2) is 7.40. The van der Waals surface area contributed by atoms with Gasteiger partial charge in [-0.05, 0) is 47.0 Å². The maximum Gasteiger partial charge on any atom is 0.338 e. The molecule has 0 radical (unpaired) electrons. The first-order valence-corrected chi connectivity index (χ1v) is 7.19. The summed E-state index contributed by atoms with van der Waals surface area (Å²) in [7, 11) is 0. The number of nitrogens with two attached hydrogens (primary N) is 1. The van der Waals surface area contributed by atoms with Gasteiger partial charge in [-0.1, -0.05) is 13.8 Å².